The third-order valence-electron chi connectivity index (χ3n) is 3.00. The zero-order valence-corrected chi connectivity index (χ0v) is 12.7. The van der Waals surface area contributed by atoms with Crippen LogP contribution in [0.4, 0.5) is 5.69 Å². The van der Waals surface area contributed by atoms with Gasteiger partial charge in [-0.3, -0.25) is 0 Å². The molecule has 5 nitrogen and oxygen atoms in total. The van der Waals surface area contributed by atoms with Crippen LogP contribution in [-0.4, -0.2) is 20.9 Å². The molecule has 0 saturated carbocycles. The zero-order valence-electron chi connectivity index (χ0n) is 11.9. The molecule has 0 bridgehead atoms. The van der Waals surface area contributed by atoms with Gasteiger partial charge in [-0.1, -0.05) is 32.9 Å². The van der Waals surface area contributed by atoms with Gasteiger partial charge < -0.3 is 5.32 Å². The third-order valence-corrected chi connectivity index (χ3v) is 4.38. The molecule has 0 unspecified atom stereocenters. The second-order valence-corrected chi connectivity index (χ2v) is 7.32. The number of fused-ring (bicyclic) bond motifs is 1. The summed E-state index contributed by atoms with van der Waals surface area (Å²) in [6, 6.07) is 5.41. The van der Waals surface area contributed by atoms with Crippen LogP contribution in [0.2, 0.25) is 0 Å². The molecule has 2 rings (SSSR count). The average Bonchev–Trinajstić information content (AvgIpc) is 2.34. The van der Waals surface area contributed by atoms with Crippen molar-refractivity contribution in [2.75, 3.05) is 11.9 Å². The number of hydrogen-bond donors (Lipinski definition) is 2. The summed E-state index contributed by atoms with van der Waals surface area (Å²) in [6.07, 6.45) is 1.60. The molecule has 1 aromatic carbocycles. The van der Waals surface area contributed by atoms with Gasteiger partial charge in [0.25, 0.3) is 10.0 Å². The maximum atomic E-state index is 12.3. The fourth-order valence-corrected chi connectivity index (χ4v) is 3.05. The van der Waals surface area contributed by atoms with Crippen molar-refractivity contribution < 1.29 is 8.42 Å². The maximum Gasteiger partial charge on any atom is 0.266 e. The van der Waals surface area contributed by atoms with Crippen LogP contribution in [0.3, 0.4) is 0 Å². The number of aliphatic imine (C=N–C) groups is 1. The van der Waals surface area contributed by atoms with Crippen molar-refractivity contribution in [3.8, 4) is 0 Å². The molecule has 0 fully saturated rings. The van der Waals surface area contributed by atoms with Crippen LogP contribution < -0.4 is 10.0 Å². The Hall–Kier alpha value is -1.82. The van der Waals surface area contributed by atoms with Crippen molar-refractivity contribution >= 4 is 21.7 Å². The molecule has 1 aromatic rings. The van der Waals surface area contributed by atoms with E-state index in [4.69, 9.17) is 0 Å². The van der Waals surface area contributed by atoms with Crippen LogP contribution in [0, 0.1) is 0 Å². The van der Waals surface area contributed by atoms with Crippen molar-refractivity contribution in [3.05, 3.63) is 36.4 Å². The van der Waals surface area contributed by atoms with Crippen molar-refractivity contribution in [2.24, 2.45) is 4.99 Å². The van der Waals surface area contributed by atoms with E-state index in [2.05, 4.69) is 21.6 Å². The maximum absolute atomic E-state index is 12.3. The Balaban J connectivity index is 2.50. The Kier molecular flexibility index (Phi) is 3.60. The molecule has 1 aliphatic rings. The summed E-state index contributed by atoms with van der Waals surface area (Å²) in [5, 5.41) is 2.98. The molecule has 0 saturated heterocycles. The Morgan fingerprint density at radius 3 is 2.65 bits per heavy atom. The Morgan fingerprint density at radius 2 is 2.05 bits per heavy atom. The number of benzene rings is 1. The van der Waals surface area contributed by atoms with Gasteiger partial charge in [-0.15, -0.1) is 6.58 Å². The number of hydrogen-bond acceptors (Lipinski definition) is 3. The van der Waals surface area contributed by atoms with E-state index < -0.39 is 10.0 Å². The topological polar surface area (TPSA) is 70.6 Å². The van der Waals surface area contributed by atoms with Crippen LogP contribution in [0.25, 0.3) is 0 Å². The fourth-order valence-electron chi connectivity index (χ4n) is 1.88. The molecule has 0 aromatic heterocycles. The predicted octanol–water partition coefficient (Wildman–Crippen LogP) is 2.23. The van der Waals surface area contributed by atoms with E-state index in [9.17, 15) is 8.42 Å². The smallest absolute Gasteiger partial charge is 0.266 e. The summed E-state index contributed by atoms with van der Waals surface area (Å²) in [7, 11) is -3.58. The third kappa shape index (κ3) is 2.85. The molecule has 6 heteroatoms. The van der Waals surface area contributed by atoms with E-state index >= 15 is 0 Å². The monoisotopic (exact) mass is 293 g/mol. The first kappa shape index (κ1) is 14.6. The first-order chi connectivity index (χ1) is 9.24. The minimum atomic E-state index is -3.58. The van der Waals surface area contributed by atoms with Gasteiger partial charge in [-0.05, 0) is 23.1 Å². The molecule has 0 atom stereocenters. The number of nitrogens with one attached hydrogen (secondary N) is 2. The predicted molar refractivity (Wildman–Crippen MR) is 81.6 cm³/mol. The molecule has 0 radical (unpaired) electrons. The summed E-state index contributed by atoms with van der Waals surface area (Å²) >= 11 is 0. The summed E-state index contributed by atoms with van der Waals surface area (Å²) < 4.78 is 27.0. The van der Waals surface area contributed by atoms with Gasteiger partial charge in [-0.2, -0.15) is 0 Å². The minimum absolute atomic E-state index is 0.109. The van der Waals surface area contributed by atoms with Gasteiger partial charge in [-0.25, -0.2) is 18.1 Å². The number of nitrogens with zero attached hydrogens (tertiary/aromatic N) is 1. The summed E-state index contributed by atoms with van der Waals surface area (Å²) in [4.78, 5) is 4.32. The van der Waals surface area contributed by atoms with E-state index in [1.54, 1.807) is 18.2 Å². The molecule has 1 aliphatic heterocycles. The molecule has 20 heavy (non-hydrogen) atoms. The Morgan fingerprint density at radius 1 is 1.35 bits per heavy atom. The normalized spacial score (nSPS) is 18.9. The summed E-state index contributed by atoms with van der Waals surface area (Å²) in [5.41, 5.74) is 1.40. The summed E-state index contributed by atoms with van der Waals surface area (Å²) in [5.74, 6) is 0.223. The van der Waals surface area contributed by atoms with Gasteiger partial charge in [0.05, 0.1) is 12.2 Å². The SMILES string of the molecule is C=CCN=C1Nc2ccc(C(C)(C)C)cc2S(=O)(=O)N1. The van der Waals surface area contributed by atoms with E-state index in [-0.39, 0.29) is 16.3 Å². The number of guanidine groups is 1. The molecule has 0 spiro atoms. The lowest BCUT2D eigenvalue weighted by atomic mass is 9.87. The standard InChI is InChI=1S/C14H19N3O2S/c1-5-8-15-13-16-11-7-6-10(14(2,3)4)9-12(11)20(18,19)17-13/h5-7,9H,1,8H2,2-4H3,(H2,15,16,17). The van der Waals surface area contributed by atoms with Gasteiger partial charge >= 0.3 is 0 Å². The summed E-state index contributed by atoms with van der Waals surface area (Å²) in [6.45, 7) is 10.0. The first-order valence-electron chi connectivity index (χ1n) is 6.34. The Labute approximate surface area is 119 Å². The van der Waals surface area contributed by atoms with Crippen molar-refractivity contribution in [1.82, 2.24) is 4.72 Å². The fraction of sp³-hybridized carbons (Fsp3) is 0.357. The van der Waals surface area contributed by atoms with E-state index in [1.807, 2.05) is 26.8 Å². The number of sulfonamides is 1. The van der Waals surface area contributed by atoms with Crippen LogP contribution in [0.5, 0.6) is 0 Å². The molecule has 2 N–H and O–H groups in total. The van der Waals surface area contributed by atoms with Crippen molar-refractivity contribution in [1.29, 1.82) is 0 Å². The average molecular weight is 293 g/mol. The highest BCUT2D eigenvalue weighted by molar-refractivity contribution is 7.90. The molecule has 0 aliphatic carbocycles. The zero-order chi connectivity index (χ0) is 15.0. The lowest BCUT2D eigenvalue weighted by Crippen LogP contribution is -2.41. The van der Waals surface area contributed by atoms with E-state index in [0.29, 0.717) is 12.2 Å². The first-order valence-corrected chi connectivity index (χ1v) is 7.82. The molecule has 0 amide bonds. The van der Waals surface area contributed by atoms with Crippen molar-refractivity contribution in [3.63, 3.8) is 0 Å². The van der Waals surface area contributed by atoms with Crippen LogP contribution in [0.15, 0.2) is 40.7 Å². The lowest BCUT2D eigenvalue weighted by molar-refractivity contribution is 0.582. The van der Waals surface area contributed by atoms with Crippen molar-refractivity contribution in [2.45, 2.75) is 31.1 Å². The molecular weight excluding hydrogens is 274 g/mol. The van der Waals surface area contributed by atoms with Gasteiger partial charge in [0, 0.05) is 0 Å². The van der Waals surface area contributed by atoms with Gasteiger partial charge in [0.1, 0.15) is 4.90 Å². The van der Waals surface area contributed by atoms with Crippen LogP contribution in [-0.2, 0) is 15.4 Å². The number of anilines is 1. The highest BCUT2D eigenvalue weighted by atomic mass is 32.2. The highest BCUT2D eigenvalue weighted by Gasteiger charge is 2.28. The Bertz CT molecular complexity index is 670. The molecule has 1 heterocycles. The second-order valence-electron chi connectivity index (χ2n) is 5.67. The van der Waals surface area contributed by atoms with Gasteiger partial charge in [0.2, 0.25) is 5.96 Å². The van der Waals surface area contributed by atoms with Crippen LogP contribution >= 0.6 is 0 Å². The quantitative estimate of drug-likeness (QED) is 0.821. The molecule has 108 valence electrons. The highest BCUT2D eigenvalue weighted by Crippen LogP contribution is 2.31. The van der Waals surface area contributed by atoms with E-state index in [0.717, 1.165) is 5.56 Å². The van der Waals surface area contributed by atoms with E-state index in [1.165, 1.54) is 0 Å². The second kappa shape index (κ2) is 4.94. The van der Waals surface area contributed by atoms with Crippen LogP contribution in [0.1, 0.15) is 26.3 Å². The van der Waals surface area contributed by atoms with Gasteiger partial charge in [0.15, 0.2) is 0 Å². The number of rotatable bonds is 2. The molecular formula is C14H19N3O2S. The minimum Gasteiger partial charge on any atom is -0.324 e. The lowest BCUT2D eigenvalue weighted by Gasteiger charge is -2.25. The largest absolute Gasteiger partial charge is 0.324 e.